The molecule has 130 valence electrons. The van der Waals surface area contributed by atoms with Gasteiger partial charge in [-0.2, -0.15) is 0 Å². The van der Waals surface area contributed by atoms with Gasteiger partial charge in [0.1, 0.15) is 5.56 Å². The summed E-state index contributed by atoms with van der Waals surface area (Å²) in [7, 11) is 0. The van der Waals surface area contributed by atoms with E-state index >= 15 is 0 Å². The number of hydrogen-bond acceptors (Lipinski definition) is 5. The first-order chi connectivity index (χ1) is 11.8. The highest BCUT2D eigenvalue weighted by atomic mass is 35.5. The summed E-state index contributed by atoms with van der Waals surface area (Å²) in [5.41, 5.74) is 0.0793. The first-order valence-corrected chi connectivity index (χ1v) is 7.70. The minimum Gasteiger partial charge on any atom is -0.452 e. The lowest BCUT2D eigenvalue weighted by molar-refractivity contribution is -0.385. The SMILES string of the molecule is Cc1cccc(C(=O)OCC(=O)Nc2cc(Cl)cc(Cl)c2)c1[N+](=O)[O-]. The van der Waals surface area contributed by atoms with Crippen LogP contribution in [0.1, 0.15) is 15.9 Å². The molecule has 7 nitrogen and oxygen atoms in total. The molecule has 0 saturated carbocycles. The van der Waals surface area contributed by atoms with Crippen LogP contribution in [0.3, 0.4) is 0 Å². The van der Waals surface area contributed by atoms with Crippen LogP contribution in [0, 0.1) is 17.0 Å². The topological polar surface area (TPSA) is 98.5 Å². The van der Waals surface area contributed by atoms with Crippen LogP contribution in [-0.2, 0) is 9.53 Å². The highest BCUT2D eigenvalue weighted by Gasteiger charge is 2.24. The number of carbonyl (C=O) groups excluding carboxylic acids is 2. The van der Waals surface area contributed by atoms with Gasteiger partial charge in [-0.15, -0.1) is 0 Å². The third-order valence-electron chi connectivity index (χ3n) is 3.12. The number of esters is 1. The molecule has 0 bridgehead atoms. The molecule has 1 amide bonds. The molecule has 9 heteroatoms. The Kier molecular flexibility index (Phi) is 5.95. The molecule has 2 rings (SSSR count). The summed E-state index contributed by atoms with van der Waals surface area (Å²) >= 11 is 11.6. The molecule has 2 aromatic rings. The fourth-order valence-electron chi connectivity index (χ4n) is 2.10. The minimum absolute atomic E-state index is 0.219. The number of carbonyl (C=O) groups is 2. The van der Waals surface area contributed by atoms with Crippen LogP contribution in [0.15, 0.2) is 36.4 Å². The smallest absolute Gasteiger partial charge is 0.345 e. The molecule has 0 heterocycles. The summed E-state index contributed by atoms with van der Waals surface area (Å²) in [5, 5.41) is 14.2. The lowest BCUT2D eigenvalue weighted by Crippen LogP contribution is -2.21. The van der Waals surface area contributed by atoms with E-state index in [1.54, 1.807) is 0 Å². The fraction of sp³-hybridized carbons (Fsp3) is 0.125. The second-order valence-electron chi connectivity index (χ2n) is 5.01. The van der Waals surface area contributed by atoms with Crippen molar-refractivity contribution < 1.29 is 19.2 Å². The maximum Gasteiger partial charge on any atom is 0.345 e. The van der Waals surface area contributed by atoms with E-state index in [1.807, 2.05) is 0 Å². The number of aryl methyl sites for hydroxylation is 1. The van der Waals surface area contributed by atoms with Crippen molar-refractivity contribution in [2.75, 3.05) is 11.9 Å². The number of halogens is 2. The number of nitro groups is 1. The largest absolute Gasteiger partial charge is 0.452 e. The Morgan fingerprint density at radius 1 is 1.20 bits per heavy atom. The summed E-state index contributed by atoms with van der Waals surface area (Å²) in [6.07, 6.45) is 0. The van der Waals surface area contributed by atoms with Crippen molar-refractivity contribution >= 4 is 46.5 Å². The van der Waals surface area contributed by atoms with Crippen molar-refractivity contribution in [3.8, 4) is 0 Å². The van der Waals surface area contributed by atoms with Crippen LogP contribution in [0.5, 0.6) is 0 Å². The van der Waals surface area contributed by atoms with Crippen molar-refractivity contribution in [2.45, 2.75) is 6.92 Å². The van der Waals surface area contributed by atoms with Crippen LogP contribution in [-0.4, -0.2) is 23.4 Å². The normalized spacial score (nSPS) is 10.2. The van der Waals surface area contributed by atoms with E-state index in [2.05, 4.69) is 5.32 Å². The number of nitrogens with one attached hydrogen (secondary N) is 1. The zero-order valence-corrected chi connectivity index (χ0v) is 14.4. The van der Waals surface area contributed by atoms with E-state index in [9.17, 15) is 19.7 Å². The monoisotopic (exact) mass is 382 g/mol. The van der Waals surface area contributed by atoms with Crippen molar-refractivity contribution in [3.63, 3.8) is 0 Å². The molecule has 0 aromatic heterocycles. The van der Waals surface area contributed by atoms with E-state index < -0.39 is 23.4 Å². The molecule has 0 radical (unpaired) electrons. The lowest BCUT2D eigenvalue weighted by atomic mass is 10.1. The van der Waals surface area contributed by atoms with E-state index in [1.165, 1.54) is 43.3 Å². The number of ether oxygens (including phenoxy) is 1. The summed E-state index contributed by atoms with van der Waals surface area (Å²) in [6, 6.07) is 8.70. The minimum atomic E-state index is -0.963. The maximum absolute atomic E-state index is 12.0. The molecule has 0 aliphatic rings. The van der Waals surface area contributed by atoms with Crippen LogP contribution in [0.2, 0.25) is 10.0 Å². The zero-order valence-electron chi connectivity index (χ0n) is 12.9. The van der Waals surface area contributed by atoms with Crippen molar-refractivity contribution in [1.29, 1.82) is 0 Å². The maximum atomic E-state index is 12.0. The Labute approximate surface area is 152 Å². The Hall–Kier alpha value is -2.64. The second-order valence-corrected chi connectivity index (χ2v) is 5.88. The van der Waals surface area contributed by atoms with Crippen LogP contribution in [0.25, 0.3) is 0 Å². The third kappa shape index (κ3) is 4.91. The molecule has 25 heavy (non-hydrogen) atoms. The fourth-order valence-corrected chi connectivity index (χ4v) is 2.62. The second kappa shape index (κ2) is 7.96. The molecule has 0 atom stereocenters. The molecule has 0 unspecified atom stereocenters. The summed E-state index contributed by atoms with van der Waals surface area (Å²) in [5.74, 6) is -1.60. The number of benzene rings is 2. The van der Waals surface area contributed by atoms with Gasteiger partial charge >= 0.3 is 5.97 Å². The highest BCUT2D eigenvalue weighted by molar-refractivity contribution is 6.35. The van der Waals surface area contributed by atoms with Crippen LogP contribution in [0.4, 0.5) is 11.4 Å². The Morgan fingerprint density at radius 2 is 1.84 bits per heavy atom. The van der Waals surface area contributed by atoms with Gasteiger partial charge in [0, 0.05) is 21.3 Å². The average Bonchev–Trinajstić information content (AvgIpc) is 2.50. The number of anilines is 1. The quantitative estimate of drug-likeness (QED) is 0.478. The molecule has 1 N–H and O–H groups in total. The van der Waals surface area contributed by atoms with Gasteiger partial charge in [0.15, 0.2) is 6.61 Å². The highest BCUT2D eigenvalue weighted by Crippen LogP contribution is 2.24. The third-order valence-corrected chi connectivity index (χ3v) is 3.56. The lowest BCUT2D eigenvalue weighted by Gasteiger charge is -2.08. The predicted octanol–water partition coefficient (Wildman–Crippen LogP) is 4.01. The first kappa shape index (κ1) is 18.7. The van der Waals surface area contributed by atoms with E-state index in [-0.39, 0.29) is 11.3 Å². The van der Waals surface area contributed by atoms with Gasteiger partial charge in [-0.1, -0.05) is 35.3 Å². The van der Waals surface area contributed by atoms with Gasteiger partial charge in [-0.05, 0) is 31.2 Å². The van der Waals surface area contributed by atoms with Crippen LogP contribution < -0.4 is 5.32 Å². The van der Waals surface area contributed by atoms with Gasteiger partial charge in [0.25, 0.3) is 11.6 Å². The molecular weight excluding hydrogens is 371 g/mol. The molecule has 0 aliphatic heterocycles. The predicted molar refractivity (Wildman–Crippen MR) is 93.2 cm³/mol. The Morgan fingerprint density at radius 3 is 2.44 bits per heavy atom. The molecule has 0 spiro atoms. The van der Waals surface area contributed by atoms with Gasteiger partial charge in [-0.3, -0.25) is 14.9 Å². The van der Waals surface area contributed by atoms with E-state index in [4.69, 9.17) is 27.9 Å². The molecule has 0 saturated heterocycles. The standard InChI is InChI=1S/C16H12Cl2N2O5/c1-9-3-2-4-13(15(9)20(23)24)16(22)25-8-14(21)19-12-6-10(17)5-11(18)7-12/h2-7H,8H2,1H3,(H,19,21). The number of rotatable bonds is 5. The summed E-state index contributed by atoms with van der Waals surface area (Å²) in [4.78, 5) is 34.3. The van der Waals surface area contributed by atoms with Gasteiger partial charge in [-0.25, -0.2) is 4.79 Å². The number of amides is 1. The molecule has 0 fully saturated rings. The number of nitrogens with zero attached hydrogens (tertiary/aromatic N) is 1. The molecular formula is C16H12Cl2N2O5. The van der Waals surface area contributed by atoms with Crippen molar-refractivity contribution in [2.24, 2.45) is 0 Å². The van der Waals surface area contributed by atoms with Gasteiger partial charge in [0.2, 0.25) is 0 Å². The number of nitro benzene ring substituents is 1. The van der Waals surface area contributed by atoms with Gasteiger partial charge < -0.3 is 10.1 Å². The summed E-state index contributed by atoms with van der Waals surface area (Å²) < 4.78 is 4.85. The van der Waals surface area contributed by atoms with E-state index in [0.29, 0.717) is 21.3 Å². The Balaban J connectivity index is 2.04. The van der Waals surface area contributed by atoms with Crippen LogP contribution >= 0.6 is 23.2 Å². The zero-order chi connectivity index (χ0) is 18.6. The number of hydrogen-bond donors (Lipinski definition) is 1. The van der Waals surface area contributed by atoms with Gasteiger partial charge in [0.05, 0.1) is 4.92 Å². The van der Waals surface area contributed by atoms with Crippen molar-refractivity contribution in [1.82, 2.24) is 0 Å². The summed E-state index contributed by atoms with van der Waals surface area (Å²) in [6.45, 7) is 0.887. The molecule has 0 aliphatic carbocycles. The first-order valence-electron chi connectivity index (χ1n) is 6.95. The Bertz CT molecular complexity index is 834. The molecule has 2 aromatic carbocycles. The number of para-hydroxylation sites is 1. The van der Waals surface area contributed by atoms with E-state index in [0.717, 1.165) is 0 Å². The van der Waals surface area contributed by atoms with Crippen molar-refractivity contribution in [3.05, 3.63) is 67.7 Å². The average molecular weight is 383 g/mol.